The molecule has 0 unspecified atom stereocenters. The molecule has 9 atom stereocenters. The summed E-state index contributed by atoms with van der Waals surface area (Å²) in [4.78, 5) is 51.4. The van der Waals surface area contributed by atoms with Crippen LogP contribution >= 0.6 is 0 Å². The maximum Gasteiger partial charge on any atom is 0.330 e. The maximum absolute atomic E-state index is 14.6. The van der Waals surface area contributed by atoms with Crippen molar-refractivity contribution in [3.8, 4) is 0 Å². The highest BCUT2D eigenvalue weighted by atomic mass is 16.5. The van der Waals surface area contributed by atoms with Gasteiger partial charge in [-0.1, -0.05) is 40.7 Å². The lowest BCUT2D eigenvalue weighted by atomic mass is 9.42. The van der Waals surface area contributed by atoms with Gasteiger partial charge in [-0.15, -0.1) is 0 Å². The molecular weight excluding hydrogens is 512 g/mol. The van der Waals surface area contributed by atoms with E-state index >= 15 is 0 Å². The molecule has 0 radical (unpaired) electrons. The van der Waals surface area contributed by atoms with E-state index in [1.54, 1.807) is 19.9 Å². The van der Waals surface area contributed by atoms with Gasteiger partial charge in [0.1, 0.15) is 5.78 Å². The fraction of sp³-hybridized carbons (Fsp3) is 0.750. The van der Waals surface area contributed by atoms with Crippen molar-refractivity contribution in [3.05, 3.63) is 22.8 Å². The first-order chi connectivity index (χ1) is 18.5. The van der Waals surface area contributed by atoms with Crippen LogP contribution in [-0.4, -0.2) is 57.6 Å². The second-order valence-electron chi connectivity index (χ2n) is 13.9. The van der Waals surface area contributed by atoms with Crippen molar-refractivity contribution in [2.75, 3.05) is 6.61 Å². The molecule has 8 nitrogen and oxygen atoms in total. The second kappa shape index (κ2) is 10.2. The zero-order chi connectivity index (χ0) is 30.0. The summed E-state index contributed by atoms with van der Waals surface area (Å²) in [5, 5.41) is 31.4. The third kappa shape index (κ3) is 4.15. The van der Waals surface area contributed by atoms with Crippen molar-refractivity contribution < 1.29 is 39.2 Å². The number of Topliss-reactive ketones (excluding diaryl/α,β-unsaturated/α-hetero) is 2. The van der Waals surface area contributed by atoms with Crippen LogP contribution in [0.25, 0.3) is 0 Å². The minimum atomic E-state index is -1.07. The van der Waals surface area contributed by atoms with E-state index in [4.69, 9.17) is 4.74 Å². The first-order valence-electron chi connectivity index (χ1n) is 14.7. The first kappa shape index (κ1) is 30.6. The molecule has 0 saturated heterocycles. The Morgan fingerprint density at radius 1 is 1.12 bits per heavy atom. The summed E-state index contributed by atoms with van der Waals surface area (Å²) in [5.41, 5.74) is -1.70. The van der Waals surface area contributed by atoms with Gasteiger partial charge in [-0.05, 0) is 68.8 Å². The molecule has 0 aromatic heterocycles. The number of carbonyl (C=O) groups is 4. The van der Waals surface area contributed by atoms with Crippen LogP contribution in [0.1, 0.15) is 93.4 Å². The van der Waals surface area contributed by atoms with Crippen LogP contribution in [0.5, 0.6) is 0 Å². The number of ether oxygens (including phenoxy) is 1. The van der Waals surface area contributed by atoms with Crippen molar-refractivity contribution in [2.45, 2.75) is 106 Å². The Balaban J connectivity index is 1.85. The predicted octanol–water partition coefficient (Wildman–Crippen LogP) is 4.42. The van der Waals surface area contributed by atoms with Gasteiger partial charge < -0.3 is 20.1 Å². The molecular formula is C32H46O8. The zero-order valence-corrected chi connectivity index (χ0v) is 25.0. The number of fused-ring (bicyclic) bond motifs is 4. The minimum absolute atomic E-state index is 0.00763. The number of hydrogen-bond donors (Lipinski definition) is 3. The largest absolute Gasteiger partial charge is 0.478 e. The highest BCUT2D eigenvalue weighted by molar-refractivity contribution is 6.05. The first-order valence-corrected chi connectivity index (χ1v) is 14.7. The number of carboxylic acid groups (broad SMARTS) is 1. The van der Waals surface area contributed by atoms with Crippen molar-refractivity contribution in [2.24, 2.45) is 39.4 Å². The number of aliphatic carboxylic acids is 1. The average Bonchev–Trinajstić information content (AvgIpc) is 3.16. The minimum Gasteiger partial charge on any atom is -0.478 e. The number of hydrogen-bond acceptors (Lipinski definition) is 7. The van der Waals surface area contributed by atoms with Crippen LogP contribution in [0.15, 0.2) is 22.8 Å². The Kier molecular flexibility index (Phi) is 7.81. The van der Waals surface area contributed by atoms with Crippen molar-refractivity contribution in [3.63, 3.8) is 0 Å². The molecule has 0 amide bonds. The topological polar surface area (TPSA) is 138 Å². The summed E-state index contributed by atoms with van der Waals surface area (Å²) in [6, 6.07) is 0. The lowest BCUT2D eigenvalue weighted by Crippen LogP contribution is -2.65. The number of esters is 1. The third-order valence-electron chi connectivity index (χ3n) is 11.9. The van der Waals surface area contributed by atoms with Crippen LogP contribution in [0.2, 0.25) is 0 Å². The second-order valence-corrected chi connectivity index (χ2v) is 13.9. The zero-order valence-electron chi connectivity index (χ0n) is 25.0. The standard InChI is InChI=1S/C32H46O8/c1-17(9-8-10-18(2)28(38)39)20-11-14-31(6)24-21(35)15-22-29(4,13-12-23(36)30(22,5)16-33)25(24)26(37)27(32(20,31)7)40-19(3)34/h10,17,20-22,27,33,35H,8-9,11-16H2,1-7H3,(H,38,39)/b18-10+/t17-,20-,21+,22-,27+,29+,30+,31+,32+/m1/s1. The van der Waals surface area contributed by atoms with Gasteiger partial charge in [0.25, 0.3) is 0 Å². The predicted molar refractivity (Wildman–Crippen MR) is 148 cm³/mol. The summed E-state index contributed by atoms with van der Waals surface area (Å²) in [6.45, 7) is 12.5. The van der Waals surface area contributed by atoms with Gasteiger partial charge in [0.2, 0.25) is 5.78 Å². The quantitative estimate of drug-likeness (QED) is 0.308. The van der Waals surface area contributed by atoms with Crippen LogP contribution in [0, 0.1) is 39.4 Å². The molecule has 3 N–H and O–H groups in total. The van der Waals surface area contributed by atoms with E-state index in [2.05, 4.69) is 13.8 Å². The fourth-order valence-corrected chi connectivity index (χ4v) is 9.42. The number of ketones is 2. The van der Waals surface area contributed by atoms with Gasteiger partial charge in [-0.25, -0.2) is 4.79 Å². The Bertz CT molecular complexity index is 1180. The van der Waals surface area contributed by atoms with Gasteiger partial charge >= 0.3 is 11.9 Å². The molecule has 0 aliphatic heterocycles. The number of allylic oxidation sites excluding steroid dienone is 1. The molecule has 222 valence electrons. The maximum atomic E-state index is 14.6. The molecule has 4 rings (SSSR count). The lowest BCUT2D eigenvalue weighted by molar-refractivity contribution is -0.176. The van der Waals surface area contributed by atoms with Crippen molar-refractivity contribution >= 4 is 23.5 Å². The van der Waals surface area contributed by atoms with Gasteiger partial charge in [-0.2, -0.15) is 0 Å². The normalized spacial score (nSPS) is 42.2. The molecule has 2 saturated carbocycles. The van der Waals surface area contributed by atoms with E-state index < -0.39 is 51.7 Å². The average molecular weight is 559 g/mol. The van der Waals surface area contributed by atoms with Gasteiger partial charge in [0.05, 0.1) is 18.1 Å². The van der Waals surface area contributed by atoms with Crippen LogP contribution in [-0.2, 0) is 23.9 Å². The third-order valence-corrected chi connectivity index (χ3v) is 11.9. The Morgan fingerprint density at radius 3 is 2.35 bits per heavy atom. The molecule has 8 heteroatoms. The molecule has 2 fully saturated rings. The van der Waals surface area contributed by atoms with Gasteiger partial charge in [0, 0.05) is 40.7 Å². The molecule has 4 aliphatic carbocycles. The number of carbonyl (C=O) groups excluding carboxylic acids is 3. The smallest absolute Gasteiger partial charge is 0.330 e. The summed E-state index contributed by atoms with van der Waals surface area (Å²) < 4.78 is 5.94. The highest BCUT2D eigenvalue weighted by Gasteiger charge is 2.71. The van der Waals surface area contributed by atoms with E-state index in [0.29, 0.717) is 36.8 Å². The number of carboxylic acids is 1. The van der Waals surface area contributed by atoms with Crippen molar-refractivity contribution in [1.82, 2.24) is 0 Å². The van der Waals surface area contributed by atoms with E-state index in [9.17, 15) is 34.5 Å². The van der Waals surface area contributed by atoms with E-state index in [1.165, 1.54) is 6.92 Å². The van der Waals surface area contributed by atoms with Crippen LogP contribution in [0.4, 0.5) is 0 Å². The fourth-order valence-electron chi connectivity index (χ4n) is 9.42. The molecule has 0 aromatic rings. The van der Waals surface area contributed by atoms with Crippen molar-refractivity contribution in [1.29, 1.82) is 0 Å². The summed E-state index contributed by atoms with van der Waals surface area (Å²) in [7, 11) is 0. The van der Waals surface area contributed by atoms with E-state index in [0.717, 1.165) is 12.0 Å². The molecule has 0 heterocycles. The number of aliphatic hydroxyl groups is 2. The summed E-state index contributed by atoms with van der Waals surface area (Å²) >= 11 is 0. The Hall–Kier alpha value is -2.32. The van der Waals surface area contributed by atoms with E-state index in [1.807, 2.05) is 13.8 Å². The Labute approximate surface area is 237 Å². The van der Waals surface area contributed by atoms with Crippen LogP contribution < -0.4 is 0 Å². The SMILES string of the molecule is CC(=O)O[C@H]1C(=O)C2=C([C@@H](O)C[C@H]3[C@](C)(CO)C(=O)CC[C@]23C)[C@]2(C)CC[C@H]([C@H](C)CC/C=C(\C)C(=O)O)[C@@]12C. The molecule has 4 aliphatic rings. The lowest BCUT2D eigenvalue weighted by Gasteiger charge is -2.62. The summed E-state index contributed by atoms with van der Waals surface area (Å²) in [5.74, 6) is -2.14. The monoisotopic (exact) mass is 558 g/mol. The molecule has 40 heavy (non-hydrogen) atoms. The Morgan fingerprint density at radius 2 is 1.77 bits per heavy atom. The molecule has 0 spiro atoms. The molecule has 0 aromatic carbocycles. The molecule has 0 bridgehead atoms. The number of rotatable bonds is 7. The number of aliphatic hydroxyl groups excluding tert-OH is 2. The highest BCUT2D eigenvalue weighted by Crippen LogP contribution is 2.72. The van der Waals surface area contributed by atoms with Crippen LogP contribution in [0.3, 0.4) is 0 Å². The van der Waals surface area contributed by atoms with E-state index in [-0.39, 0.29) is 42.9 Å². The van der Waals surface area contributed by atoms with Gasteiger partial charge in [0.15, 0.2) is 6.10 Å². The summed E-state index contributed by atoms with van der Waals surface area (Å²) in [6.07, 6.45) is 3.47. The van der Waals surface area contributed by atoms with Gasteiger partial charge in [-0.3, -0.25) is 14.4 Å².